The molecule has 0 radical (unpaired) electrons. The fourth-order valence-electron chi connectivity index (χ4n) is 2.16. The molecule has 2 amide bonds. The maximum atomic E-state index is 12.0. The fraction of sp³-hybridized carbons (Fsp3) is 0.250. The Morgan fingerprint density at radius 2 is 1.96 bits per heavy atom. The molecule has 1 aromatic heterocycles. The summed E-state index contributed by atoms with van der Waals surface area (Å²) in [6.07, 6.45) is 3.14. The van der Waals surface area contributed by atoms with Crippen molar-refractivity contribution in [1.82, 2.24) is 15.3 Å². The van der Waals surface area contributed by atoms with Gasteiger partial charge in [-0.05, 0) is 17.7 Å². The summed E-state index contributed by atoms with van der Waals surface area (Å²) in [4.78, 5) is 40.9. The monoisotopic (exact) mass is 330 g/mol. The summed E-state index contributed by atoms with van der Waals surface area (Å²) < 4.78 is 0. The van der Waals surface area contributed by atoms with Crippen molar-refractivity contribution in [1.29, 1.82) is 0 Å². The quantitative estimate of drug-likeness (QED) is 0.595. The zero-order valence-corrected chi connectivity index (χ0v) is 13.1. The second-order valence-electron chi connectivity index (χ2n) is 5.29. The predicted molar refractivity (Wildman–Crippen MR) is 86.3 cm³/mol. The number of imidazole rings is 1. The molecule has 1 atom stereocenters. The van der Waals surface area contributed by atoms with Gasteiger partial charge in [0, 0.05) is 30.9 Å². The lowest BCUT2D eigenvalue weighted by Gasteiger charge is -2.14. The van der Waals surface area contributed by atoms with Crippen LogP contribution >= 0.6 is 0 Å². The summed E-state index contributed by atoms with van der Waals surface area (Å²) in [6.45, 7) is 1.41. The minimum absolute atomic E-state index is 0.0487. The molecule has 0 aliphatic carbocycles. The number of carboxylic acid groups (broad SMARTS) is 1. The predicted octanol–water partition coefficient (Wildman–Crippen LogP) is 0.723. The van der Waals surface area contributed by atoms with Gasteiger partial charge in [0.05, 0.1) is 12.7 Å². The summed E-state index contributed by atoms with van der Waals surface area (Å²) >= 11 is 0. The molecule has 24 heavy (non-hydrogen) atoms. The number of aliphatic carboxylic acids is 1. The number of carbonyl (C=O) groups is 3. The third-order valence-electron chi connectivity index (χ3n) is 3.25. The highest BCUT2D eigenvalue weighted by atomic mass is 16.4. The van der Waals surface area contributed by atoms with Crippen LogP contribution < -0.4 is 10.6 Å². The fourth-order valence-corrected chi connectivity index (χ4v) is 2.16. The first-order valence-corrected chi connectivity index (χ1v) is 7.30. The van der Waals surface area contributed by atoms with Gasteiger partial charge in [-0.15, -0.1) is 0 Å². The third kappa shape index (κ3) is 5.24. The zero-order valence-electron chi connectivity index (χ0n) is 13.1. The molecule has 8 heteroatoms. The molecule has 2 aromatic rings. The van der Waals surface area contributed by atoms with Gasteiger partial charge >= 0.3 is 5.97 Å². The SMILES string of the molecule is CC(=O)Nc1ccc(CC(=O)NC(Cc2cnc[nH]2)C(=O)O)cc1. The van der Waals surface area contributed by atoms with Gasteiger partial charge in [-0.1, -0.05) is 12.1 Å². The van der Waals surface area contributed by atoms with Crippen LogP contribution in [-0.4, -0.2) is 38.9 Å². The van der Waals surface area contributed by atoms with Crippen molar-refractivity contribution < 1.29 is 19.5 Å². The van der Waals surface area contributed by atoms with Gasteiger partial charge in [-0.2, -0.15) is 0 Å². The molecule has 2 rings (SSSR count). The van der Waals surface area contributed by atoms with Gasteiger partial charge in [0.15, 0.2) is 0 Å². The van der Waals surface area contributed by atoms with Crippen molar-refractivity contribution >= 4 is 23.5 Å². The van der Waals surface area contributed by atoms with E-state index in [2.05, 4.69) is 20.6 Å². The third-order valence-corrected chi connectivity index (χ3v) is 3.25. The van der Waals surface area contributed by atoms with E-state index in [9.17, 15) is 19.5 Å². The number of nitrogens with one attached hydrogen (secondary N) is 3. The standard InChI is InChI=1S/C16H18N4O4/c1-10(21)19-12-4-2-11(3-5-12)6-15(22)20-14(16(23)24)7-13-8-17-9-18-13/h2-5,8-9,14H,6-7H2,1H3,(H,17,18)(H,19,21)(H,20,22)(H,23,24). The average Bonchev–Trinajstić information content (AvgIpc) is 3.01. The summed E-state index contributed by atoms with van der Waals surface area (Å²) in [6, 6.07) is 5.74. The summed E-state index contributed by atoms with van der Waals surface area (Å²) in [5.74, 6) is -1.68. The zero-order chi connectivity index (χ0) is 17.5. The highest BCUT2D eigenvalue weighted by molar-refractivity contribution is 5.89. The molecule has 0 saturated carbocycles. The van der Waals surface area contributed by atoms with Crippen molar-refractivity contribution in [3.05, 3.63) is 48.0 Å². The minimum atomic E-state index is -1.11. The normalized spacial score (nSPS) is 11.5. The molecular weight excluding hydrogens is 312 g/mol. The molecule has 0 fully saturated rings. The molecule has 0 aliphatic rings. The van der Waals surface area contributed by atoms with E-state index in [0.717, 1.165) is 0 Å². The Kier molecular flexibility index (Phi) is 5.67. The number of aromatic amines is 1. The number of amides is 2. The van der Waals surface area contributed by atoms with Gasteiger partial charge in [-0.3, -0.25) is 9.59 Å². The van der Waals surface area contributed by atoms with Crippen LogP contribution in [0.3, 0.4) is 0 Å². The van der Waals surface area contributed by atoms with Gasteiger partial charge in [0.1, 0.15) is 6.04 Å². The largest absolute Gasteiger partial charge is 0.480 e. The van der Waals surface area contributed by atoms with Crippen LogP contribution in [0.4, 0.5) is 5.69 Å². The summed E-state index contributed by atoms with van der Waals surface area (Å²) in [5.41, 5.74) is 1.98. The van der Waals surface area contributed by atoms with E-state index >= 15 is 0 Å². The smallest absolute Gasteiger partial charge is 0.326 e. The maximum Gasteiger partial charge on any atom is 0.326 e. The maximum absolute atomic E-state index is 12.0. The molecule has 0 bridgehead atoms. The van der Waals surface area contributed by atoms with E-state index in [0.29, 0.717) is 16.9 Å². The van der Waals surface area contributed by atoms with Crippen LogP contribution in [0, 0.1) is 0 Å². The number of anilines is 1. The van der Waals surface area contributed by atoms with Crippen molar-refractivity contribution in [2.75, 3.05) is 5.32 Å². The Morgan fingerprint density at radius 1 is 1.25 bits per heavy atom. The number of H-pyrrole nitrogens is 1. The number of nitrogens with zero attached hydrogens (tertiary/aromatic N) is 1. The number of carboxylic acids is 1. The summed E-state index contributed by atoms with van der Waals surface area (Å²) in [5, 5.41) is 14.3. The molecular formula is C16H18N4O4. The Balaban J connectivity index is 1.92. The number of aromatic nitrogens is 2. The van der Waals surface area contributed by atoms with Gasteiger partial charge in [0.25, 0.3) is 0 Å². The van der Waals surface area contributed by atoms with Crippen molar-refractivity contribution in [3.8, 4) is 0 Å². The van der Waals surface area contributed by atoms with Crippen LogP contribution in [0.25, 0.3) is 0 Å². The number of rotatable bonds is 7. The first-order valence-electron chi connectivity index (χ1n) is 7.30. The molecule has 8 nitrogen and oxygen atoms in total. The Morgan fingerprint density at radius 3 is 2.50 bits per heavy atom. The molecule has 0 spiro atoms. The second kappa shape index (κ2) is 7.91. The number of hydrogen-bond acceptors (Lipinski definition) is 4. The van der Waals surface area contributed by atoms with Crippen LogP contribution in [0.15, 0.2) is 36.8 Å². The highest BCUT2D eigenvalue weighted by Crippen LogP contribution is 2.10. The van der Waals surface area contributed by atoms with Gasteiger partial charge in [-0.25, -0.2) is 9.78 Å². The lowest BCUT2D eigenvalue weighted by atomic mass is 10.1. The van der Waals surface area contributed by atoms with Gasteiger partial charge in [0.2, 0.25) is 11.8 Å². The van der Waals surface area contributed by atoms with Crippen LogP contribution in [0.1, 0.15) is 18.2 Å². The Labute approximate surface area is 138 Å². The minimum Gasteiger partial charge on any atom is -0.480 e. The van der Waals surface area contributed by atoms with E-state index in [1.807, 2.05) is 0 Å². The Bertz CT molecular complexity index is 710. The van der Waals surface area contributed by atoms with Crippen molar-refractivity contribution in [3.63, 3.8) is 0 Å². The van der Waals surface area contributed by atoms with E-state index in [1.54, 1.807) is 24.3 Å². The van der Waals surface area contributed by atoms with Gasteiger partial charge < -0.3 is 20.7 Å². The molecule has 126 valence electrons. The van der Waals surface area contributed by atoms with Crippen LogP contribution in [0.2, 0.25) is 0 Å². The lowest BCUT2D eigenvalue weighted by molar-refractivity contribution is -0.141. The topological polar surface area (TPSA) is 124 Å². The first kappa shape index (κ1) is 17.2. The molecule has 0 aliphatic heterocycles. The lowest BCUT2D eigenvalue weighted by Crippen LogP contribution is -2.43. The number of hydrogen-bond donors (Lipinski definition) is 4. The molecule has 1 heterocycles. The Hall–Kier alpha value is -3.16. The molecule has 4 N–H and O–H groups in total. The number of benzene rings is 1. The first-order chi connectivity index (χ1) is 11.4. The summed E-state index contributed by atoms with van der Waals surface area (Å²) in [7, 11) is 0. The van der Waals surface area contributed by atoms with E-state index < -0.39 is 17.9 Å². The molecule has 1 aromatic carbocycles. The van der Waals surface area contributed by atoms with Crippen molar-refractivity contribution in [2.45, 2.75) is 25.8 Å². The number of carbonyl (C=O) groups excluding carboxylic acids is 2. The molecule has 1 unspecified atom stereocenters. The van der Waals surface area contributed by atoms with Crippen LogP contribution in [0.5, 0.6) is 0 Å². The van der Waals surface area contributed by atoms with Crippen molar-refractivity contribution in [2.24, 2.45) is 0 Å². The second-order valence-corrected chi connectivity index (χ2v) is 5.29. The van der Waals surface area contributed by atoms with Crippen LogP contribution in [-0.2, 0) is 27.2 Å². The highest BCUT2D eigenvalue weighted by Gasteiger charge is 2.21. The van der Waals surface area contributed by atoms with E-state index in [4.69, 9.17) is 0 Å². The van der Waals surface area contributed by atoms with E-state index in [-0.39, 0.29) is 18.7 Å². The van der Waals surface area contributed by atoms with E-state index in [1.165, 1.54) is 19.4 Å². The average molecular weight is 330 g/mol. The molecule has 0 saturated heterocycles.